The van der Waals surface area contributed by atoms with E-state index in [2.05, 4.69) is 188 Å². The lowest BCUT2D eigenvalue weighted by Gasteiger charge is -2.32. The number of aromatic amines is 1. The molecule has 5 atom stereocenters. The second-order valence-corrected chi connectivity index (χ2v) is 35.5. The number of nitrogens with one attached hydrogen (secondary N) is 4. The highest BCUT2D eigenvalue weighted by atomic mass is 79.9. The Bertz CT molecular complexity index is 6770. The first kappa shape index (κ1) is 81.2. The zero-order valence-electron chi connectivity index (χ0n) is 70.5. The van der Waals surface area contributed by atoms with Gasteiger partial charge in [0.25, 0.3) is 0 Å². The lowest BCUT2D eigenvalue weighted by atomic mass is 9.84. The van der Waals surface area contributed by atoms with Gasteiger partial charge in [-0.3, -0.25) is 20.1 Å². The molecule has 127 heavy (non-hydrogen) atoms. The third-order valence-electron chi connectivity index (χ3n) is 26.0. The van der Waals surface area contributed by atoms with Gasteiger partial charge in [-0.2, -0.15) is 59.1 Å². The van der Waals surface area contributed by atoms with Crippen molar-refractivity contribution in [2.75, 3.05) is 29.2 Å². The molecule has 2 unspecified atom stereocenters. The molecule has 6 aliphatic carbocycles. The first-order valence-corrected chi connectivity index (χ1v) is 44.4. The third-order valence-corrected chi connectivity index (χ3v) is 26.6. The zero-order valence-corrected chi connectivity index (χ0v) is 72.1. The molecule has 3 aromatic carbocycles. The molecule has 4 N–H and O–H groups in total. The number of halogens is 4. The Labute approximate surface area is 737 Å². The Balaban J connectivity index is 0.000000106. The summed E-state index contributed by atoms with van der Waals surface area (Å²) in [6.45, 7) is 9.76. The van der Waals surface area contributed by atoms with Crippen molar-refractivity contribution in [2.45, 2.75) is 185 Å². The van der Waals surface area contributed by atoms with Crippen molar-refractivity contribution in [2.24, 2.45) is 0 Å². The van der Waals surface area contributed by atoms with E-state index >= 15 is 0 Å². The van der Waals surface area contributed by atoms with Crippen molar-refractivity contribution >= 4 is 80.1 Å². The number of hydrogen-bond acceptors (Lipinski definition) is 22. The van der Waals surface area contributed by atoms with Gasteiger partial charge < -0.3 is 34.7 Å². The summed E-state index contributed by atoms with van der Waals surface area (Å²) in [5.74, 6) is 1.62. The molecule has 24 rings (SSSR count). The quantitative estimate of drug-likeness (QED) is 0.0735. The predicted molar refractivity (Wildman–Crippen MR) is 479 cm³/mol. The number of fused-ring (bicyclic) bond motifs is 9. The van der Waals surface area contributed by atoms with Crippen molar-refractivity contribution in [1.82, 2.24) is 103 Å². The van der Waals surface area contributed by atoms with E-state index in [0.717, 1.165) is 155 Å². The summed E-state index contributed by atoms with van der Waals surface area (Å²) in [7, 11) is -0.381. The summed E-state index contributed by atoms with van der Waals surface area (Å²) >= 11 is 3.50. The van der Waals surface area contributed by atoms with Gasteiger partial charge in [0.15, 0.2) is 40.6 Å². The van der Waals surface area contributed by atoms with Crippen molar-refractivity contribution in [3.05, 3.63) is 256 Å². The number of anilines is 3. The van der Waals surface area contributed by atoms with Gasteiger partial charge in [-0.25, -0.2) is 37.5 Å². The van der Waals surface area contributed by atoms with E-state index in [0.29, 0.717) is 69.0 Å². The van der Waals surface area contributed by atoms with E-state index in [4.69, 9.17) is 43.8 Å². The van der Waals surface area contributed by atoms with Crippen LogP contribution in [0.2, 0.25) is 0 Å². The number of pyridine rings is 3. The van der Waals surface area contributed by atoms with E-state index in [1.807, 2.05) is 27.6 Å². The average molecular weight is 1770 g/mol. The first-order valence-electron chi connectivity index (χ1n) is 43.6. The minimum Gasteiger partial charge on any atom is -0.398 e. The standard InChI is InChI=1S/C31H29FN8O.C26H21FN8.C23H18BrFN6.C14H23BN2O3/c32-22-14-21(16-33-17-22)29-37-30-26(27-10-11-34-39(27)28-7-3-4-12-41-28)18-35-40(30)31(38-29)36-23-9-8-20-13-19-5-1-2-6-24(19)25(20)15-23;27-18-10-17(12-28-13-18)24-32-25-22(23-7-8-29-34-23)14-30-35(25)26(33-24)31-19-6-5-16-9-15-3-1-2-4-20(15)21(16)11-19;24-20-12-27-31-22(20)29-21(15-8-16(25)11-26-10-15)30-23(31)28-17-6-5-14-7-13-3-1-2-4-18(13)19(14)9-17;1-13(2)14(3,4)20-15(19-13)11-8-9-16-17(11)12-7-5-6-10-18-12/h1-2,5-6,10-11,14,16-18,23,28H,3-4,7-9,12-13,15H2,(H,36,37,38);1-4,7-8,10,12-14,19H,5-6,9,11H2,(H,29,34)(H,31,32,33);1-4,8,10-12,17H,5-7,9H2,(H,28,29,30);8-9,12H,5-7,10H2,1-4H3/t23-,28?;19-;17-;/m111./s1. The number of H-pyrrole nitrogens is 1. The van der Waals surface area contributed by atoms with Crippen LogP contribution in [0.3, 0.4) is 0 Å². The van der Waals surface area contributed by atoms with Gasteiger partial charge in [0.2, 0.25) is 17.8 Å². The Morgan fingerprint density at radius 3 is 1.31 bits per heavy atom. The highest BCUT2D eigenvalue weighted by Gasteiger charge is 2.53. The zero-order chi connectivity index (χ0) is 86.0. The molecule has 0 radical (unpaired) electrons. The van der Waals surface area contributed by atoms with E-state index in [1.165, 1.54) is 93.3 Å². The fraction of sp³-hybridized carbons (Fsp3) is 0.330. The molecule has 28 nitrogen and oxygen atoms in total. The molecule has 0 bridgehead atoms. The van der Waals surface area contributed by atoms with Gasteiger partial charge in [-0.05, 0) is 246 Å². The molecular formula is C94H91BBrF3N24O4. The minimum atomic E-state index is -0.437. The van der Waals surface area contributed by atoms with Crippen LogP contribution in [0, 0.1) is 17.5 Å². The summed E-state index contributed by atoms with van der Waals surface area (Å²) < 4.78 is 75.7. The molecule has 9 aliphatic rings. The molecule has 33 heteroatoms. The Morgan fingerprint density at radius 1 is 0.433 bits per heavy atom. The smallest absolute Gasteiger partial charge is 0.398 e. The van der Waals surface area contributed by atoms with E-state index in [9.17, 15) is 13.2 Å². The summed E-state index contributed by atoms with van der Waals surface area (Å²) in [4.78, 5) is 40.4. The van der Waals surface area contributed by atoms with Crippen molar-refractivity contribution in [3.8, 4) is 56.7 Å². The molecular weight excluding hydrogens is 1680 g/mol. The van der Waals surface area contributed by atoms with Crippen LogP contribution in [0.4, 0.5) is 31.0 Å². The second-order valence-electron chi connectivity index (χ2n) is 34.7. The molecule has 0 spiro atoms. The summed E-state index contributed by atoms with van der Waals surface area (Å²) in [5, 5.41) is 40.6. The lowest BCUT2D eigenvalue weighted by Crippen LogP contribution is -2.42. The maximum absolute atomic E-state index is 14.2. The Morgan fingerprint density at radius 2 is 0.858 bits per heavy atom. The number of rotatable bonds is 14. The second kappa shape index (κ2) is 34.2. The molecule has 15 aromatic rings. The summed E-state index contributed by atoms with van der Waals surface area (Å²) in [5.41, 5.74) is 24.3. The van der Waals surface area contributed by atoms with Gasteiger partial charge in [-0.15, -0.1) is 0 Å². The maximum atomic E-state index is 14.2. The van der Waals surface area contributed by atoms with Crippen LogP contribution in [0.5, 0.6) is 0 Å². The summed E-state index contributed by atoms with van der Waals surface area (Å²) in [6, 6.07) is 36.6. The molecule has 12 aromatic heterocycles. The molecule has 0 amide bonds. The topological polar surface area (TPSA) is 305 Å². The molecule has 3 fully saturated rings. The highest BCUT2D eigenvalue weighted by Crippen LogP contribution is 2.47. The van der Waals surface area contributed by atoms with Crippen LogP contribution in [-0.4, -0.2) is 153 Å². The van der Waals surface area contributed by atoms with Crippen LogP contribution >= 0.6 is 15.9 Å². The molecule has 0 saturated carbocycles. The van der Waals surface area contributed by atoms with Crippen molar-refractivity contribution in [1.29, 1.82) is 0 Å². The van der Waals surface area contributed by atoms with Crippen LogP contribution in [0.1, 0.15) is 170 Å². The summed E-state index contributed by atoms with van der Waals surface area (Å²) in [6.07, 6.45) is 37.1. The molecule has 642 valence electrons. The van der Waals surface area contributed by atoms with Crippen molar-refractivity contribution < 1.29 is 32.0 Å². The monoisotopic (exact) mass is 1770 g/mol. The Hall–Kier alpha value is -12.8. The van der Waals surface area contributed by atoms with Gasteiger partial charge in [0.05, 0.1) is 81.0 Å². The lowest BCUT2D eigenvalue weighted by molar-refractivity contribution is -0.0383. The van der Waals surface area contributed by atoms with Crippen LogP contribution in [0.25, 0.3) is 90.3 Å². The third kappa shape index (κ3) is 16.2. The fourth-order valence-electron chi connectivity index (χ4n) is 18.9. The number of ether oxygens (including phenoxy) is 2. The van der Waals surface area contributed by atoms with Gasteiger partial charge in [0.1, 0.15) is 23.7 Å². The number of hydrogen-bond donors (Lipinski definition) is 4. The normalized spacial score (nSPS) is 20.1. The van der Waals surface area contributed by atoms with E-state index in [-0.39, 0.29) is 48.9 Å². The average Bonchev–Trinajstić information content (AvgIpc) is 1.63. The largest absolute Gasteiger partial charge is 0.514 e. The number of allylic oxidation sites excluding steroid dienone is 3. The van der Waals surface area contributed by atoms with Gasteiger partial charge >= 0.3 is 7.12 Å². The number of nitrogens with zero attached hydrogens (tertiary/aromatic N) is 20. The molecule has 3 saturated heterocycles. The molecule has 15 heterocycles. The van der Waals surface area contributed by atoms with Gasteiger partial charge in [-0.1, -0.05) is 89.5 Å². The highest BCUT2D eigenvalue weighted by molar-refractivity contribution is 9.10. The Kier molecular flexibility index (Phi) is 21.9. The van der Waals surface area contributed by atoms with E-state index in [1.54, 1.807) is 86.0 Å². The van der Waals surface area contributed by atoms with Gasteiger partial charge in [0, 0.05) is 85.2 Å². The van der Waals surface area contributed by atoms with Crippen LogP contribution in [-0.2, 0) is 38.0 Å². The predicted octanol–water partition coefficient (Wildman–Crippen LogP) is 17.5. The van der Waals surface area contributed by atoms with Crippen molar-refractivity contribution in [3.63, 3.8) is 0 Å². The number of benzene rings is 3. The van der Waals surface area contributed by atoms with Crippen LogP contribution in [0.15, 0.2) is 205 Å². The maximum Gasteiger partial charge on any atom is 0.514 e. The fourth-order valence-corrected chi connectivity index (χ4v) is 19.3. The first-order chi connectivity index (χ1) is 62.0. The van der Waals surface area contributed by atoms with E-state index < -0.39 is 17.5 Å². The molecule has 3 aliphatic heterocycles. The number of aromatic nitrogens is 21. The van der Waals surface area contributed by atoms with Crippen LogP contribution < -0.4 is 21.5 Å². The SMILES string of the molecule is CC1(C)OB(c2ccnn2C2CCCCO2)OC1(C)C.Fc1cncc(-c2nc(N[C@@H]3CCC4=C(C3)c3ccccc3C4)n3ncc(-c4ccn[nH]4)c3n2)c1.Fc1cncc(-c2nc(N[C@@H]3CCC4=C(C3)c3ccccc3C4)n3ncc(-c4ccnn4C4CCCCO4)c3n2)c1.Fc1cncc(-c2nc(N[C@@H]3CCC4=C(C3)c3ccccc3C4)n3ncc(Br)c3n2)c1. The minimum absolute atomic E-state index is 0.00720.